The van der Waals surface area contributed by atoms with Crippen LogP contribution in [0.5, 0.6) is 0 Å². The van der Waals surface area contributed by atoms with Gasteiger partial charge < -0.3 is 10.1 Å². The molecule has 1 aromatic rings. The molecule has 0 atom stereocenters. The standard InChI is InChI=1S/C16H22N4O6S2/c21-15(17-7-12-27(22,23)20-8-10-26-11-9-20)5-6-18-16-13-3-1-2-4-14(13)28(24,25)19-16/h1-4H,5-12H2,(H,17,21)(H,18,19). The molecule has 0 bridgehead atoms. The Morgan fingerprint density at radius 3 is 2.71 bits per heavy atom. The Bertz CT molecular complexity index is 969. The van der Waals surface area contributed by atoms with Crippen LogP contribution in [0.1, 0.15) is 12.0 Å². The number of amides is 1. The quantitative estimate of drug-likeness (QED) is 0.564. The molecule has 10 nitrogen and oxygen atoms in total. The van der Waals surface area contributed by atoms with Crippen molar-refractivity contribution < 1.29 is 26.4 Å². The van der Waals surface area contributed by atoms with E-state index in [-0.39, 0.29) is 41.9 Å². The summed E-state index contributed by atoms with van der Waals surface area (Å²) in [6.45, 7) is 1.48. The first kappa shape index (κ1) is 20.7. The van der Waals surface area contributed by atoms with Gasteiger partial charge in [-0.05, 0) is 12.1 Å². The highest BCUT2D eigenvalue weighted by molar-refractivity contribution is 7.90. The third-order valence-electron chi connectivity index (χ3n) is 4.32. The lowest BCUT2D eigenvalue weighted by Gasteiger charge is -2.26. The van der Waals surface area contributed by atoms with Gasteiger partial charge in [0.1, 0.15) is 5.84 Å². The average Bonchev–Trinajstić information content (AvgIpc) is 2.93. The Morgan fingerprint density at radius 1 is 1.25 bits per heavy atom. The fourth-order valence-electron chi connectivity index (χ4n) is 2.88. The third-order valence-corrected chi connectivity index (χ3v) is 7.59. The van der Waals surface area contributed by atoms with Gasteiger partial charge in [0, 0.05) is 31.6 Å². The number of carbonyl (C=O) groups excluding carboxylic acids is 1. The molecule has 0 aromatic heterocycles. The Balaban J connectivity index is 1.46. The van der Waals surface area contributed by atoms with Crippen LogP contribution >= 0.6 is 0 Å². The summed E-state index contributed by atoms with van der Waals surface area (Å²) in [5.41, 5.74) is 0.472. The number of nitrogens with zero attached hydrogens (tertiary/aromatic N) is 2. The molecule has 0 spiro atoms. The topological polar surface area (TPSA) is 134 Å². The predicted molar refractivity (Wildman–Crippen MR) is 102 cm³/mol. The van der Waals surface area contributed by atoms with E-state index in [0.717, 1.165) is 0 Å². The highest BCUT2D eigenvalue weighted by Crippen LogP contribution is 2.22. The minimum Gasteiger partial charge on any atom is -0.379 e. The largest absolute Gasteiger partial charge is 0.379 e. The van der Waals surface area contributed by atoms with Crippen molar-refractivity contribution in [2.45, 2.75) is 11.3 Å². The van der Waals surface area contributed by atoms with E-state index in [4.69, 9.17) is 4.74 Å². The molecule has 0 saturated carbocycles. The maximum atomic E-state index is 12.2. The number of amidine groups is 1. The van der Waals surface area contributed by atoms with Gasteiger partial charge >= 0.3 is 0 Å². The maximum Gasteiger partial charge on any atom is 0.263 e. The molecule has 2 heterocycles. The molecule has 1 amide bonds. The van der Waals surface area contributed by atoms with Crippen LogP contribution in [0.2, 0.25) is 0 Å². The van der Waals surface area contributed by atoms with E-state index in [1.54, 1.807) is 18.2 Å². The van der Waals surface area contributed by atoms with Gasteiger partial charge in [-0.3, -0.25) is 14.5 Å². The second-order valence-electron chi connectivity index (χ2n) is 6.26. The molecule has 2 aliphatic rings. The van der Waals surface area contributed by atoms with Crippen molar-refractivity contribution in [1.29, 1.82) is 0 Å². The predicted octanol–water partition coefficient (Wildman–Crippen LogP) is -1.11. The molecule has 28 heavy (non-hydrogen) atoms. The highest BCUT2D eigenvalue weighted by atomic mass is 32.2. The van der Waals surface area contributed by atoms with E-state index in [9.17, 15) is 21.6 Å². The Kier molecular flexibility index (Phi) is 6.33. The number of hydrogen-bond acceptors (Lipinski definition) is 7. The molecule has 1 saturated heterocycles. The van der Waals surface area contributed by atoms with Crippen molar-refractivity contribution in [3.05, 3.63) is 29.8 Å². The number of morpholine rings is 1. The Morgan fingerprint density at radius 2 is 1.96 bits per heavy atom. The number of fused-ring (bicyclic) bond motifs is 1. The summed E-state index contributed by atoms with van der Waals surface area (Å²) in [4.78, 5) is 16.2. The summed E-state index contributed by atoms with van der Waals surface area (Å²) in [6, 6.07) is 6.46. The SMILES string of the molecule is O=C(CCN=C1NS(=O)(=O)c2ccccc21)NCCS(=O)(=O)N1CCOCC1. The molecule has 0 aliphatic carbocycles. The minimum atomic E-state index is -3.61. The first-order valence-corrected chi connectivity index (χ1v) is 11.9. The smallest absolute Gasteiger partial charge is 0.263 e. The van der Waals surface area contributed by atoms with Gasteiger partial charge in [-0.25, -0.2) is 16.8 Å². The van der Waals surface area contributed by atoms with Gasteiger partial charge in [0.25, 0.3) is 10.0 Å². The molecule has 154 valence electrons. The average molecular weight is 431 g/mol. The van der Waals surface area contributed by atoms with Gasteiger partial charge in [-0.2, -0.15) is 4.31 Å². The molecule has 2 N–H and O–H groups in total. The molecular weight excluding hydrogens is 408 g/mol. The maximum absolute atomic E-state index is 12.2. The monoisotopic (exact) mass is 430 g/mol. The Hall–Kier alpha value is -2.02. The number of benzene rings is 1. The number of nitrogens with one attached hydrogen (secondary N) is 2. The van der Waals surface area contributed by atoms with Crippen molar-refractivity contribution >= 4 is 31.8 Å². The third kappa shape index (κ3) is 4.87. The normalized spacial score (nSPS) is 20.5. The fraction of sp³-hybridized carbons (Fsp3) is 0.500. The van der Waals surface area contributed by atoms with E-state index < -0.39 is 20.0 Å². The van der Waals surface area contributed by atoms with Gasteiger partial charge in [-0.1, -0.05) is 12.1 Å². The summed E-state index contributed by atoms with van der Waals surface area (Å²) in [7, 11) is -7.03. The number of aliphatic imine (C=N–C) groups is 1. The lowest BCUT2D eigenvalue weighted by molar-refractivity contribution is -0.120. The lowest BCUT2D eigenvalue weighted by atomic mass is 10.2. The number of ether oxygens (including phenoxy) is 1. The van der Waals surface area contributed by atoms with Crippen LogP contribution in [-0.2, 0) is 29.6 Å². The second-order valence-corrected chi connectivity index (χ2v) is 10.00. The van der Waals surface area contributed by atoms with E-state index in [1.807, 2.05) is 0 Å². The zero-order valence-corrected chi connectivity index (χ0v) is 16.8. The second kappa shape index (κ2) is 8.55. The number of rotatable bonds is 7. The van der Waals surface area contributed by atoms with Crippen LogP contribution in [0.3, 0.4) is 0 Å². The Labute approximate surface area is 164 Å². The van der Waals surface area contributed by atoms with Crippen molar-refractivity contribution in [2.24, 2.45) is 4.99 Å². The number of carbonyl (C=O) groups is 1. The van der Waals surface area contributed by atoms with Crippen LogP contribution in [0.25, 0.3) is 0 Å². The fourth-order valence-corrected chi connectivity index (χ4v) is 5.46. The van der Waals surface area contributed by atoms with Crippen molar-refractivity contribution in [3.63, 3.8) is 0 Å². The summed E-state index contributed by atoms with van der Waals surface area (Å²) in [6.07, 6.45) is 0.0188. The van der Waals surface area contributed by atoms with Crippen molar-refractivity contribution in [1.82, 2.24) is 14.3 Å². The molecule has 1 aromatic carbocycles. The van der Waals surface area contributed by atoms with Crippen LogP contribution in [-0.4, -0.2) is 78.0 Å². The van der Waals surface area contributed by atoms with Gasteiger partial charge in [-0.15, -0.1) is 0 Å². The van der Waals surface area contributed by atoms with Crippen LogP contribution in [0, 0.1) is 0 Å². The van der Waals surface area contributed by atoms with Gasteiger partial charge in [0.2, 0.25) is 15.9 Å². The highest BCUT2D eigenvalue weighted by Gasteiger charge is 2.30. The molecule has 12 heteroatoms. The van der Waals surface area contributed by atoms with E-state index in [0.29, 0.717) is 31.9 Å². The summed E-state index contributed by atoms with van der Waals surface area (Å²) < 4.78 is 57.2. The molecule has 3 rings (SSSR count). The van der Waals surface area contributed by atoms with E-state index in [1.165, 1.54) is 10.4 Å². The first-order chi connectivity index (χ1) is 13.3. The molecule has 0 unspecified atom stereocenters. The minimum absolute atomic E-state index is 0.00452. The number of sulfonamides is 2. The number of hydrogen-bond donors (Lipinski definition) is 2. The summed E-state index contributed by atoms with van der Waals surface area (Å²) >= 11 is 0. The van der Waals surface area contributed by atoms with Crippen molar-refractivity contribution in [2.75, 3.05) is 45.1 Å². The van der Waals surface area contributed by atoms with Crippen molar-refractivity contribution in [3.8, 4) is 0 Å². The van der Waals surface area contributed by atoms with Crippen LogP contribution < -0.4 is 10.0 Å². The van der Waals surface area contributed by atoms with E-state index >= 15 is 0 Å². The van der Waals surface area contributed by atoms with E-state index in [2.05, 4.69) is 15.0 Å². The van der Waals surface area contributed by atoms with Gasteiger partial charge in [0.05, 0.1) is 30.4 Å². The summed E-state index contributed by atoms with van der Waals surface area (Å²) in [5, 5.41) is 2.55. The van der Waals surface area contributed by atoms with Gasteiger partial charge in [0.15, 0.2) is 0 Å². The molecule has 2 aliphatic heterocycles. The molecule has 0 radical (unpaired) electrons. The lowest BCUT2D eigenvalue weighted by Crippen LogP contribution is -2.43. The van der Waals surface area contributed by atoms with Crippen LogP contribution in [0.15, 0.2) is 34.2 Å². The zero-order chi connectivity index (χ0) is 20.2. The van der Waals surface area contributed by atoms with Crippen LogP contribution in [0.4, 0.5) is 0 Å². The zero-order valence-electron chi connectivity index (χ0n) is 15.1. The molecule has 1 fully saturated rings. The molecular formula is C16H22N4O6S2. The first-order valence-electron chi connectivity index (χ1n) is 8.78. The summed E-state index contributed by atoms with van der Waals surface area (Å²) in [5.74, 6) is -0.325.